The Hall–Kier alpha value is -1.55. The minimum absolute atomic E-state index is 0.00943. The number of carbonyl (C=O) groups is 2. The van der Waals surface area contributed by atoms with Crippen LogP contribution in [0.3, 0.4) is 0 Å². The van der Waals surface area contributed by atoms with E-state index in [0.29, 0.717) is 18.1 Å². The molecule has 0 bridgehead atoms. The van der Waals surface area contributed by atoms with Crippen LogP contribution in [0.25, 0.3) is 0 Å². The second kappa shape index (κ2) is 8.67. The lowest BCUT2D eigenvalue weighted by atomic mass is 10.2. The summed E-state index contributed by atoms with van der Waals surface area (Å²) in [6.45, 7) is 6.67. The molecule has 0 heterocycles. The van der Waals surface area contributed by atoms with E-state index in [2.05, 4.69) is 12.2 Å². The SMILES string of the molecule is CCCCN(CCC(=O)Nc1cc(Cl)ccc1C)C(C)=O. The standard InChI is InChI=1S/C16H23ClN2O2/c1-4-5-9-19(13(3)20)10-8-16(21)18-15-11-14(17)7-6-12(15)2/h6-7,11H,4-5,8-10H2,1-3H3,(H,18,21). The third kappa shape index (κ3) is 6.17. The highest BCUT2D eigenvalue weighted by atomic mass is 35.5. The summed E-state index contributed by atoms with van der Waals surface area (Å²) < 4.78 is 0. The lowest BCUT2D eigenvalue weighted by Crippen LogP contribution is -2.32. The van der Waals surface area contributed by atoms with E-state index in [0.717, 1.165) is 24.1 Å². The van der Waals surface area contributed by atoms with Crippen molar-refractivity contribution in [2.24, 2.45) is 0 Å². The van der Waals surface area contributed by atoms with Crippen LogP contribution in [-0.2, 0) is 9.59 Å². The molecule has 0 spiro atoms. The molecule has 0 aliphatic carbocycles. The van der Waals surface area contributed by atoms with E-state index < -0.39 is 0 Å². The number of amides is 2. The topological polar surface area (TPSA) is 49.4 Å². The van der Waals surface area contributed by atoms with Gasteiger partial charge in [-0.3, -0.25) is 9.59 Å². The summed E-state index contributed by atoms with van der Waals surface area (Å²) in [6.07, 6.45) is 2.27. The summed E-state index contributed by atoms with van der Waals surface area (Å²) >= 11 is 5.92. The molecule has 116 valence electrons. The summed E-state index contributed by atoms with van der Waals surface area (Å²) in [5, 5.41) is 3.43. The largest absolute Gasteiger partial charge is 0.342 e. The average Bonchev–Trinajstić information content (AvgIpc) is 2.42. The number of aryl methyl sites for hydroxylation is 1. The summed E-state index contributed by atoms with van der Waals surface area (Å²) in [5.41, 5.74) is 1.68. The van der Waals surface area contributed by atoms with Gasteiger partial charge in [-0.2, -0.15) is 0 Å². The Labute approximate surface area is 131 Å². The molecule has 0 unspecified atom stereocenters. The predicted molar refractivity (Wildman–Crippen MR) is 86.6 cm³/mol. The van der Waals surface area contributed by atoms with Crippen LogP contribution in [-0.4, -0.2) is 29.8 Å². The van der Waals surface area contributed by atoms with Crippen molar-refractivity contribution in [1.82, 2.24) is 4.90 Å². The molecule has 1 aromatic carbocycles. The Morgan fingerprint density at radius 2 is 2.00 bits per heavy atom. The summed E-state index contributed by atoms with van der Waals surface area (Å²) in [4.78, 5) is 25.2. The highest BCUT2D eigenvalue weighted by Gasteiger charge is 2.11. The lowest BCUT2D eigenvalue weighted by molar-refractivity contribution is -0.129. The van der Waals surface area contributed by atoms with Gasteiger partial charge in [0.1, 0.15) is 0 Å². The highest BCUT2D eigenvalue weighted by molar-refractivity contribution is 6.31. The predicted octanol–water partition coefficient (Wildman–Crippen LogP) is 3.63. The van der Waals surface area contributed by atoms with Crippen LogP contribution >= 0.6 is 11.6 Å². The summed E-state index contributed by atoms with van der Waals surface area (Å²) in [7, 11) is 0. The molecule has 0 radical (unpaired) electrons. The number of halogens is 1. The van der Waals surface area contributed by atoms with E-state index >= 15 is 0 Å². The monoisotopic (exact) mass is 310 g/mol. The van der Waals surface area contributed by atoms with Crippen molar-refractivity contribution in [3.8, 4) is 0 Å². The number of hydrogen-bond acceptors (Lipinski definition) is 2. The van der Waals surface area contributed by atoms with Crippen LogP contribution in [0.1, 0.15) is 38.7 Å². The van der Waals surface area contributed by atoms with Crippen molar-refractivity contribution >= 4 is 29.1 Å². The number of benzene rings is 1. The first-order valence-electron chi connectivity index (χ1n) is 7.25. The number of rotatable bonds is 7. The number of carbonyl (C=O) groups excluding carboxylic acids is 2. The van der Waals surface area contributed by atoms with Gasteiger partial charge in [0.05, 0.1) is 0 Å². The Bertz CT molecular complexity index is 503. The summed E-state index contributed by atoms with van der Waals surface area (Å²) in [5.74, 6) is -0.0988. The molecule has 5 heteroatoms. The minimum atomic E-state index is -0.108. The molecule has 0 saturated heterocycles. The van der Waals surface area contributed by atoms with Crippen molar-refractivity contribution in [2.75, 3.05) is 18.4 Å². The molecule has 21 heavy (non-hydrogen) atoms. The van der Waals surface area contributed by atoms with Crippen LogP contribution in [0, 0.1) is 6.92 Å². The maximum Gasteiger partial charge on any atom is 0.226 e. The van der Waals surface area contributed by atoms with Gasteiger partial charge in [-0.1, -0.05) is 31.0 Å². The Morgan fingerprint density at radius 3 is 2.62 bits per heavy atom. The molecule has 0 aliphatic rings. The third-order valence-electron chi connectivity index (χ3n) is 3.31. The van der Waals surface area contributed by atoms with Gasteiger partial charge in [-0.15, -0.1) is 0 Å². The normalized spacial score (nSPS) is 10.3. The van der Waals surface area contributed by atoms with E-state index in [1.165, 1.54) is 6.92 Å². The Kier molecular flexibility index (Phi) is 7.23. The zero-order valence-electron chi connectivity index (χ0n) is 12.9. The van der Waals surface area contributed by atoms with Crippen LogP contribution in [0.4, 0.5) is 5.69 Å². The molecule has 0 fully saturated rings. The molecule has 0 atom stereocenters. The lowest BCUT2D eigenvalue weighted by Gasteiger charge is -2.20. The third-order valence-corrected chi connectivity index (χ3v) is 3.54. The van der Waals surface area contributed by atoms with Crippen molar-refractivity contribution in [3.63, 3.8) is 0 Å². The molecule has 0 saturated carbocycles. The maximum absolute atomic E-state index is 12.0. The van der Waals surface area contributed by atoms with Crippen molar-refractivity contribution in [3.05, 3.63) is 28.8 Å². The van der Waals surface area contributed by atoms with E-state index in [1.807, 2.05) is 13.0 Å². The fraction of sp³-hybridized carbons (Fsp3) is 0.500. The maximum atomic E-state index is 12.0. The van der Waals surface area contributed by atoms with Gasteiger partial charge in [-0.05, 0) is 31.0 Å². The molecule has 4 nitrogen and oxygen atoms in total. The minimum Gasteiger partial charge on any atom is -0.342 e. The smallest absolute Gasteiger partial charge is 0.226 e. The fourth-order valence-corrected chi connectivity index (χ4v) is 2.13. The van der Waals surface area contributed by atoms with Gasteiger partial charge >= 0.3 is 0 Å². The number of nitrogens with zero attached hydrogens (tertiary/aromatic N) is 1. The van der Waals surface area contributed by atoms with Crippen LogP contribution < -0.4 is 5.32 Å². The molecule has 1 aromatic rings. The molecular weight excluding hydrogens is 288 g/mol. The number of nitrogens with one attached hydrogen (secondary N) is 1. The van der Waals surface area contributed by atoms with Gasteiger partial charge < -0.3 is 10.2 Å². The zero-order chi connectivity index (χ0) is 15.8. The fourth-order valence-electron chi connectivity index (χ4n) is 1.95. The Balaban J connectivity index is 2.52. The first-order chi connectivity index (χ1) is 9.93. The van der Waals surface area contributed by atoms with Gasteiger partial charge in [-0.25, -0.2) is 0 Å². The van der Waals surface area contributed by atoms with Gasteiger partial charge in [0, 0.05) is 37.1 Å². The quantitative estimate of drug-likeness (QED) is 0.836. The van der Waals surface area contributed by atoms with Crippen LogP contribution in [0.2, 0.25) is 5.02 Å². The number of hydrogen-bond donors (Lipinski definition) is 1. The molecule has 2 amide bonds. The second-order valence-electron chi connectivity index (χ2n) is 5.12. The second-order valence-corrected chi connectivity index (χ2v) is 5.55. The van der Waals surface area contributed by atoms with Gasteiger partial charge in [0.25, 0.3) is 0 Å². The van der Waals surface area contributed by atoms with Gasteiger partial charge in [0.15, 0.2) is 0 Å². The summed E-state index contributed by atoms with van der Waals surface area (Å²) in [6, 6.07) is 5.38. The van der Waals surface area contributed by atoms with Crippen molar-refractivity contribution < 1.29 is 9.59 Å². The number of anilines is 1. The van der Waals surface area contributed by atoms with Crippen LogP contribution in [0.5, 0.6) is 0 Å². The molecule has 1 rings (SSSR count). The van der Waals surface area contributed by atoms with Crippen molar-refractivity contribution in [2.45, 2.75) is 40.0 Å². The van der Waals surface area contributed by atoms with Crippen molar-refractivity contribution in [1.29, 1.82) is 0 Å². The molecule has 1 N–H and O–H groups in total. The molecular formula is C16H23ClN2O2. The van der Waals surface area contributed by atoms with E-state index in [9.17, 15) is 9.59 Å². The molecule has 0 aromatic heterocycles. The van der Waals surface area contributed by atoms with E-state index in [1.54, 1.807) is 17.0 Å². The zero-order valence-corrected chi connectivity index (χ0v) is 13.7. The average molecular weight is 311 g/mol. The number of unbranched alkanes of at least 4 members (excludes halogenated alkanes) is 1. The first-order valence-corrected chi connectivity index (χ1v) is 7.63. The highest BCUT2D eigenvalue weighted by Crippen LogP contribution is 2.20. The van der Waals surface area contributed by atoms with Crippen LogP contribution in [0.15, 0.2) is 18.2 Å². The molecule has 0 aliphatic heterocycles. The Morgan fingerprint density at radius 1 is 1.29 bits per heavy atom. The van der Waals surface area contributed by atoms with Gasteiger partial charge in [0.2, 0.25) is 11.8 Å². The van der Waals surface area contributed by atoms with E-state index in [-0.39, 0.29) is 18.2 Å². The first kappa shape index (κ1) is 17.5. The van der Waals surface area contributed by atoms with E-state index in [4.69, 9.17) is 11.6 Å².